The van der Waals surface area contributed by atoms with Crippen molar-refractivity contribution < 1.29 is 31.1 Å². The van der Waals surface area contributed by atoms with E-state index in [-0.39, 0.29) is 34.7 Å². The molecule has 2 fully saturated rings. The summed E-state index contributed by atoms with van der Waals surface area (Å²) in [7, 11) is -4.04. The summed E-state index contributed by atoms with van der Waals surface area (Å²) in [6.45, 7) is 0.401. The van der Waals surface area contributed by atoms with Crippen LogP contribution in [0.5, 0.6) is 5.75 Å². The van der Waals surface area contributed by atoms with Crippen LogP contribution in [0.3, 0.4) is 0 Å². The van der Waals surface area contributed by atoms with Crippen LogP contribution in [0.25, 0.3) is 11.1 Å². The molecular weight excluding hydrogens is 569 g/mol. The number of hydrogen-bond acceptors (Lipinski definition) is 6. The quantitative estimate of drug-likeness (QED) is 0.429. The Labute approximate surface area is 242 Å². The number of benzene rings is 3. The number of nitrogens with zero attached hydrogens (tertiary/aromatic N) is 3. The number of carbonyl (C=O) groups excluding carboxylic acids is 1. The van der Waals surface area contributed by atoms with E-state index in [4.69, 9.17) is 5.73 Å². The van der Waals surface area contributed by atoms with Crippen LogP contribution in [0.1, 0.15) is 24.8 Å². The van der Waals surface area contributed by atoms with Crippen LogP contribution in [0, 0.1) is 12.7 Å². The van der Waals surface area contributed by atoms with E-state index in [1.165, 1.54) is 16.4 Å². The molecule has 2 N–H and O–H groups in total. The van der Waals surface area contributed by atoms with Gasteiger partial charge in [0.2, 0.25) is 5.91 Å². The van der Waals surface area contributed by atoms with Crippen molar-refractivity contribution in [3.8, 4) is 16.9 Å². The lowest BCUT2D eigenvalue weighted by Crippen LogP contribution is -2.70. The highest BCUT2D eigenvalue weighted by Gasteiger charge is 2.51. The standard InChI is InChI=1S/C30H31F3N4O4S/c1-19-4-2-5-25(12-19)42(39,40)37-18-23-17-35(30(28(34)38)8-3-9-30)10-11-36(23)26-7-6-20(15-27(26)37)21-13-22(31)16-24(14-21)41-29(32)33/h2,4-7,12-16,23,29H,3,8-11,17-18H2,1H3,(H2,34,38)/t23-/m0/s1. The minimum absolute atomic E-state index is 0.112. The molecule has 0 radical (unpaired) electrons. The molecular formula is C30H31F3N4O4S. The third-order valence-electron chi connectivity index (χ3n) is 8.66. The van der Waals surface area contributed by atoms with Crippen molar-refractivity contribution in [3.05, 3.63) is 72.0 Å². The molecule has 1 saturated carbocycles. The number of rotatable bonds is 7. The molecule has 1 atom stereocenters. The minimum atomic E-state index is -4.04. The molecule has 0 unspecified atom stereocenters. The van der Waals surface area contributed by atoms with Crippen LogP contribution in [0.2, 0.25) is 0 Å². The Morgan fingerprint density at radius 3 is 2.45 bits per heavy atom. The van der Waals surface area contributed by atoms with Crippen molar-refractivity contribution in [1.29, 1.82) is 0 Å². The molecule has 2 aliphatic heterocycles. The number of amides is 1. The first-order valence-electron chi connectivity index (χ1n) is 13.8. The molecule has 0 spiro atoms. The molecule has 12 heteroatoms. The Morgan fingerprint density at radius 2 is 1.79 bits per heavy atom. The van der Waals surface area contributed by atoms with Gasteiger partial charge in [0.05, 0.1) is 28.9 Å². The fourth-order valence-electron chi connectivity index (χ4n) is 6.41. The summed E-state index contributed by atoms with van der Waals surface area (Å²) in [6, 6.07) is 14.9. The van der Waals surface area contributed by atoms with Gasteiger partial charge in [0.1, 0.15) is 17.1 Å². The van der Waals surface area contributed by atoms with Gasteiger partial charge in [-0.2, -0.15) is 8.78 Å². The molecule has 8 nitrogen and oxygen atoms in total. The van der Waals surface area contributed by atoms with Gasteiger partial charge in [0.15, 0.2) is 0 Å². The zero-order chi connectivity index (χ0) is 29.8. The number of alkyl halides is 2. The van der Waals surface area contributed by atoms with E-state index in [2.05, 4.69) is 14.5 Å². The Morgan fingerprint density at radius 1 is 1.00 bits per heavy atom. The Kier molecular flexibility index (Phi) is 7.09. The van der Waals surface area contributed by atoms with E-state index in [1.807, 2.05) is 13.0 Å². The predicted molar refractivity (Wildman–Crippen MR) is 153 cm³/mol. The number of primary amides is 1. The van der Waals surface area contributed by atoms with Gasteiger partial charge in [-0.15, -0.1) is 0 Å². The summed E-state index contributed by atoms with van der Waals surface area (Å²) < 4.78 is 74.2. The Hall–Kier alpha value is -3.77. The van der Waals surface area contributed by atoms with Gasteiger partial charge in [0, 0.05) is 25.7 Å². The second kappa shape index (κ2) is 10.5. The second-order valence-corrected chi connectivity index (χ2v) is 13.0. The third-order valence-corrected chi connectivity index (χ3v) is 10.4. The highest BCUT2D eigenvalue weighted by atomic mass is 32.2. The number of aryl methyl sites for hydroxylation is 1. The zero-order valence-corrected chi connectivity index (χ0v) is 23.8. The van der Waals surface area contributed by atoms with Crippen molar-refractivity contribution in [2.45, 2.75) is 49.3 Å². The van der Waals surface area contributed by atoms with Crippen molar-refractivity contribution in [2.24, 2.45) is 5.73 Å². The summed E-state index contributed by atoms with van der Waals surface area (Å²) in [6.07, 6.45) is 2.29. The highest BCUT2D eigenvalue weighted by Crippen LogP contribution is 2.45. The van der Waals surface area contributed by atoms with Crippen LogP contribution >= 0.6 is 0 Å². The monoisotopic (exact) mass is 600 g/mol. The Bertz CT molecular complexity index is 1650. The molecule has 2 heterocycles. The minimum Gasteiger partial charge on any atom is -0.435 e. The molecule has 3 aromatic carbocycles. The van der Waals surface area contributed by atoms with E-state index in [0.29, 0.717) is 49.4 Å². The number of nitrogens with two attached hydrogens (primary N) is 1. The molecule has 1 saturated heterocycles. The summed E-state index contributed by atoms with van der Waals surface area (Å²) in [5.41, 5.74) is 7.70. The predicted octanol–water partition coefficient (Wildman–Crippen LogP) is 4.51. The summed E-state index contributed by atoms with van der Waals surface area (Å²) in [5.74, 6) is -1.45. The van der Waals surface area contributed by atoms with Gasteiger partial charge < -0.3 is 15.4 Å². The molecule has 3 aromatic rings. The number of halogens is 3. The molecule has 1 amide bonds. The van der Waals surface area contributed by atoms with Crippen LogP contribution in [0.4, 0.5) is 24.5 Å². The fourth-order valence-corrected chi connectivity index (χ4v) is 8.03. The maximum atomic E-state index is 14.4. The fraction of sp³-hybridized carbons (Fsp3) is 0.367. The van der Waals surface area contributed by atoms with Gasteiger partial charge in [-0.25, -0.2) is 12.8 Å². The number of hydrogen-bond donors (Lipinski definition) is 1. The first-order valence-corrected chi connectivity index (χ1v) is 15.2. The van der Waals surface area contributed by atoms with Crippen molar-refractivity contribution in [3.63, 3.8) is 0 Å². The summed E-state index contributed by atoms with van der Waals surface area (Å²) >= 11 is 0. The smallest absolute Gasteiger partial charge is 0.387 e. The zero-order valence-electron chi connectivity index (χ0n) is 23.0. The van der Waals surface area contributed by atoms with Gasteiger partial charge in [-0.05, 0) is 79.3 Å². The molecule has 1 aliphatic carbocycles. The number of carbonyl (C=O) groups is 1. The molecule has 0 bridgehead atoms. The van der Waals surface area contributed by atoms with E-state index >= 15 is 0 Å². The normalized spacial score (nSPS) is 20.1. The molecule has 42 heavy (non-hydrogen) atoms. The van der Waals surface area contributed by atoms with E-state index in [1.54, 1.807) is 36.4 Å². The van der Waals surface area contributed by atoms with Crippen molar-refractivity contribution in [1.82, 2.24) is 4.90 Å². The average molecular weight is 601 g/mol. The molecule has 0 aromatic heterocycles. The lowest BCUT2D eigenvalue weighted by atomic mass is 9.74. The lowest BCUT2D eigenvalue weighted by molar-refractivity contribution is -0.137. The first kappa shape index (κ1) is 28.4. The SMILES string of the molecule is Cc1cccc(S(=O)(=O)N2C[C@@H]3CN(C4(C(N)=O)CCC4)CCN3c3ccc(-c4cc(F)cc(OC(F)F)c4)cc32)c1. The van der Waals surface area contributed by atoms with E-state index in [9.17, 15) is 26.4 Å². The number of sulfonamides is 1. The molecule has 3 aliphatic rings. The van der Waals surface area contributed by atoms with E-state index < -0.39 is 28.0 Å². The van der Waals surface area contributed by atoms with Crippen LogP contribution in [-0.4, -0.2) is 63.6 Å². The third kappa shape index (κ3) is 4.86. The van der Waals surface area contributed by atoms with Gasteiger partial charge in [0.25, 0.3) is 10.0 Å². The average Bonchev–Trinajstić information content (AvgIpc) is 2.90. The second-order valence-electron chi connectivity index (χ2n) is 11.2. The van der Waals surface area contributed by atoms with Gasteiger partial charge in [-0.3, -0.25) is 14.0 Å². The van der Waals surface area contributed by atoms with Crippen LogP contribution < -0.4 is 19.7 Å². The van der Waals surface area contributed by atoms with Crippen molar-refractivity contribution in [2.75, 3.05) is 35.4 Å². The first-order chi connectivity index (χ1) is 20.0. The van der Waals surface area contributed by atoms with Crippen molar-refractivity contribution >= 4 is 27.3 Å². The molecule has 222 valence electrons. The summed E-state index contributed by atoms with van der Waals surface area (Å²) in [4.78, 5) is 16.8. The maximum absolute atomic E-state index is 14.4. The number of piperazine rings is 1. The van der Waals surface area contributed by atoms with E-state index in [0.717, 1.165) is 18.1 Å². The topological polar surface area (TPSA) is 96.2 Å². The maximum Gasteiger partial charge on any atom is 0.387 e. The van der Waals surface area contributed by atoms with Crippen LogP contribution in [0.15, 0.2) is 65.6 Å². The summed E-state index contributed by atoms with van der Waals surface area (Å²) in [5, 5.41) is 0. The van der Waals surface area contributed by atoms with Gasteiger partial charge in [-0.1, -0.05) is 18.2 Å². The number of fused-ring (bicyclic) bond motifs is 3. The number of ether oxygens (including phenoxy) is 1. The number of anilines is 2. The highest BCUT2D eigenvalue weighted by molar-refractivity contribution is 7.92. The lowest BCUT2D eigenvalue weighted by Gasteiger charge is -2.55. The van der Waals surface area contributed by atoms with Crippen LogP contribution in [-0.2, 0) is 14.8 Å². The largest absolute Gasteiger partial charge is 0.435 e. The molecule has 6 rings (SSSR count). The van der Waals surface area contributed by atoms with Gasteiger partial charge >= 0.3 is 6.61 Å². The Balaban J connectivity index is 1.44.